The lowest BCUT2D eigenvalue weighted by atomic mass is 9.87. The van der Waals surface area contributed by atoms with Crippen LogP contribution >= 0.6 is 11.3 Å². The molecule has 1 N–H and O–H groups in total. The molecule has 0 bridgehead atoms. The van der Waals surface area contributed by atoms with Crippen LogP contribution in [-0.4, -0.2) is 22.4 Å². The fourth-order valence-corrected chi connectivity index (χ4v) is 3.84. The zero-order valence-corrected chi connectivity index (χ0v) is 13.7. The lowest BCUT2D eigenvalue weighted by Crippen LogP contribution is -2.26. The monoisotopic (exact) mass is 333 g/mol. The van der Waals surface area contributed by atoms with E-state index in [2.05, 4.69) is 15.7 Å². The van der Waals surface area contributed by atoms with E-state index in [1.165, 1.54) is 50.1 Å². The number of hydrogen-bond acceptors (Lipinski definition) is 4. The maximum Gasteiger partial charge on any atom is 0.254 e. The summed E-state index contributed by atoms with van der Waals surface area (Å²) in [7, 11) is 0. The molecule has 0 saturated heterocycles. The quantitative estimate of drug-likeness (QED) is 0.908. The van der Waals surface area contributed by atoms with Crippen molar-refractivity contribution in [3.8, 4) is 0 Å². The zero-order valence-electron chi connectivity index (χ0n) is 12.9. The molecule has 0 unspecified atom stereocenters. The summed E-state index contributed by atoms with van der Waals surface area (Å²) in [6.45, 7) is 0.457. The van der Waals surface area contributed by atoms with E-state index in [-0.39, 0.29) is 5.56 Å². The predicted octanol–water partition coefficient (Wildman–Crippen LogP) is 3.70. The molecular weight excluding hydrogens is 313 g/mol. The number of rotatable bonds is 5. The summed E-state index contributed by atoms with van der Waals surface area (Å²) >= 11 is 1.65. The Bertz CT molecular complexity index is 667. The minimum Gasteiger partial charge on any atom is -0.352 e. The molecule has 2 aromatic rings. The number of carbonyl (C=O) groups excluding carboxylic acids is 1. The minimum absolute atomic E-state index is 0.0297. The summed E-state index contributed by atoms with van der Waals surface area (Å²) in [5.74, 6) is -0.401. The fourth-order valence-electron chi connectivity index (χ4n) is 2.96. The molecule has 0 spiro atoms. The van der Waals surface area contributed by atoms with Crippen molar-refractivity contribution in [1.82, 2.24) is 15.3 Å². The van der Waals surface area contributed by atoms with Gasteiger partial charge in [0.2, 0.25) is 0 Å². The second-order valence-electron chi connectivity index (χ2n) is 5.86. The molecule has 2 heterocycles. The molecule has 2 aromatic heterocycles. The molecule has 0 radical (unpaired) electrons. The van der Waals surface area contributed by atoms with Crippen LogP contribution in [0.3, 0.4) is 0 Å². The number of hydrogen-bond donors (Lipinski definition) is 1. The second-order valence-corrected chi connectivity index (χ2v) is 6.81. The molecule has 0 atom stereocenters. The predicted molar refractivity (Wildman–Crippen MR) is 88.2 cm³/mol. The number of halogens is 1. The van der Waals surface area contributed by atoms with Gasteiger partial charge in [-0.15, -0.1) is 11.3 Å². The molecule has 1 aliphatic carbocycles. The standard InChI is InChI=1S/C17H20FN3OS/c18-14-10-19-8-6-13(14)17(22)20-9-7-16-21-15(11-23-16)12-4-2-1-3-5-12/h6,8,10-12H,1-5,7,9H2,(H,20,22). The van der Waals surface area contributed by atoms with Crippen molar-refractivity contribution in [3.63, 3.8) is 0 Å². The minimum atomic E-state index is -0.598. The summed E-state index contributed by atoms with van der Waals surface area (Å²) in [5, 5.41) is 5.91. The third-order valence-corrected chi connectivity index (χ3v) is 5.16. The van der Waals surface area contributed by atoms with Crippen LogP contribution in [0.4, 0.5) is 4.39 Å². The van der Waals surface area contributed by atoms with Crippen molar-refractivity contribution < 1.29 is 9.18 Å². The van der Waals surface area contributed by atoms with E-state index in [1.807, 2.05) is 0 Å². The van der Waals surface area contributed by atoms with E-state index >= 15 is 0 Å². The Morgan fingerprint density at radius 1 is 1.35 bits per heavy atom. The highest BCUT2D eigenvalue weighted by atomic mass is 32.1. The maximum absolute atomic E-state index is 13.5. The van der Waals surface area contributed by atoms with Gasteiger partial charge in [-0.3, -0.25) is 9.78 Å². The Morgan fingerprint density at radius 3 is 2.96 bits per heavy atom. The van der Waals surface area contributed by atoms with Crippen LogP contribution in [-0.2, 0) is 6.42 Å². The Balaban J connectivity index is 1.50. The van der Waals surface area contributed by atoms with E-state index in [0.29, 0.717) is 18.9 Å². The maximum atomic E-state index is 13.5. The van der Waals surface area contributed by atoms with Crippen LogP contribution in [0, 0.1) is 5.82 Å². The summed E-state index contributed by atoms with van der Waals surface area (Å²) in [6.07, 6.45) is 9.54. The second kappa shape index (κ2) is 7.64. The van der Waals surface area contributed by atoms with Gasteiger partial charge in [-0.05, 0) is 18.9 Å². The highest BCUT2D eigenvalue weighted by molar-refractivity contribution is 7.09. The third-order valence-electron chi connectivity index (χ3n) is 4.23. The Morgan fingerprint density at radius 2 is 2.17 bits per heavy atom. The molecule has 1 amide bonds. The molecule has 23 heavy (non-hydrogen) atoms. The smallest absolute Gasteiger partial charge is 0.254 e. The van der Waals surface area contributed by atoms with Gasteiger partial charge in [-0.2, -0.15) is 0 Å². The number of nitrogens with zero attached hydrogens (tertiary/aromatic N) is 2. The molecule has 6 heteroatoms. The van der Waals surface area contributed by atoms with Crippen LogP contribution in [0.2, 0.25) is 0 Å². The normalized spacial score (nSPS) is 15.5. The van der Waals surface area contributed by atoms with Crippen LogP contribution in [0.15, 0.2) is 23.8 Å². The van der Waals surface area contributed by atoms with Crippen molar-refractivity contribution in [2.75, 3.05) is 6.54 Å². The summed E-state index contributed by atoms with van der Waals surface area (Å²) in [4.78, 5) is 20.3. The molecule has 3 rings (SSSR count). The largest absolute Gasteiger partial charge is 0.352 e. The molecular formula is C17H20FN3OS. The van der Waals surface area contributed by atoms with E-state index in [0.717, 1.165) is 11.2 Å². The first-order valence-electron chi connectivity index (χ1n) is 8.06. The van der Waals surface area contributed by atoms with E-state index in [9.17, 15) is 9.18 Å². The molecule has 0 aromatic carbocycles. The van der Waals surface area contributed by atoms with Gasteiger partial charge in [0, 0.05) is 30.5 Å². The third kappa shape index (κ3) is 4.13. The molecule has 122 valence electrons. The summed E-state index contributed by atoms with van der Waals surface area (Å²) in [5.41, 5.74) is 1.23. The molecule has 1 saturated carbocycles. The van der Waals surface area contributed by atoms with Gasteiger partial charge in [-0.25, -0.2) is 9.37 Å². The van der Waals surface area contributed by atoms with Crippen molar-refractivity contribution in [2.45, 2.75) is 44.4 Å². The van der Waals surface area contributed by atoms with Crippen molar-refractivity contribution in [1.29, 1.82) is 0 Å². The first kappa shape index (κ1) is 16.1. The summed E-state index contributed by atoms with van der Waals surface area (Å²) < 4.78 is 13.5. The highest BCUT2D eigenvalue weighted by Crippen LogP contribution is 2.33. The molecule has 1 fully saturated rings. The van der Waals surface area contributed by atoms with Gasteiger partial charge in [-0.1, -0.05) is 19.3 Å². The lowest BCUT2D eigenvalue weighted by Gasteiger charge is -2.19. The van der Waals surface area contributed by atoms with Crippen molar-refractivity contribution in [3.05, 3.63) is 45.9 Å². The van der Waals surface area contributed by atoms with Crippen LogP contribution in [0.25, 0.3) is 0 Å². The van der Waals surface area contributed by atoms with E-state index < -0.39 is 11.7 Å². The van der Waals surface area contributed by atoms with Gasteiger partial charge >= 0.3 is 0 Å². The first-order valence-corrected chi connectivity index (χ1v) is 8.94. The topological polar surface area (TPSA) is 54.9 Å². The SMILES string of the molecule is O=C(NCCc1nc(C2CCCCC2)cs1)c1ccncc1F. The van der Waals surface area contributed by atoms with Crippen molar-refractivity contribution in [2.24, 2.45) is 0 Å². The number of amides is 1. The number of pyridine rings is 1. The highest BCUT2D eigenvalue weighted by Gasteiger charge is 2.18. The van der Waals surface area contributed by atoms with Crippen LogP contribution in [0.5, 0.6) is 0 Å². The molecule has 0 aliphatic heterocycles. The molecule has 1 aliphatic rings. The average molecular weight is 333 g/mol. The van der Waals surface area contributed by atoms with Crippen LogP contribution in [0.1, 0.15) is 59.1 Å². The van der Waals surface area contributed by atoms with Gasteiger partial charge in [0.25, 0.3) is 5.91 Å². The number of nitrogens with one attached hydrogen (secondary N) is 1. The average Bonchev–Trinajstić information content (AvgIpc) is 3.05. The van der Waals surface area contributed by atoms with Crippen molar-refractivity contribution >= 4 is 17.2 Å². The van der Waals surface area contributed by atoms with Gasteiger partial charge in [0.15, 0.2) is 5.82 Å². The number of carbonyl (C=O) groups is 1. The Hall–Kier alpha value is -1.82. The number of thiazole rings is 1. The lowest BCUT2D eigenvalue weighted by molar-refractivity contribution is 0.0950. The van der Waals surface area contributed by atoms with Gasteiger partial charge < -0.3 is 5.32 Å². The van der Waals surface area contributed by atoms with E-state index in [1.54, 1.807) is 11.3 Å². The molecule has 4 nitrogen and oxygen atoms in total. The van der Waals surface area contributed by atoms with Crippen LogP contribution < -0.4 is 5.32 Å². The fraction of sp³-hybridized carbons (Fsp3) is 0.471. The number of aromatic nitrogens is 2. The Labute approximate surface area is 139 Å². The summed E-state index contributed by atoms with van der Waals surface area (Å²) in [6, 6.07) is 1.38. The Kier molecular flexibility index (Phi) is 5.33. The van der Waals surface area contributed by atoms with Gasteiger partial charge in [0.1, 0.15) is 0 Å². The first-order chi connectivity index (χ1) is 11.2. The van der Waals surface area contributed by atoms with Gasteiger partial charge in [0.05, 0.1) is 22.5 Å². The van der Waals surface area contributed by atoms with E-state index in [4.69, 9.17) is 4.98 Å². The zero-order chi connectivity index (χ0) is 16.1.